The van der Waals surface area contributed by atoms with E-state index >= 15 is 0 Å². The molecule has 2 aromatic carbocycles. The normalized spacial score (nSPS) is 19.7. The van der Waals surface area contributed by atoms with E-state index in [-0.39, 0.29) is 24.2 Å². The molecule has 1 aliphatic carbocycles. The smallest absolute Gasteiger partial charge is 0.295 e. The number of aromatic nitrogens is 2. The summed E-state index contributed by atoms with van der Waals surface area (Å²) in [6.07, 6.45) is 8.85. The van der Waals surface area contributed by atoms with Crippen molar-refractivity contribution >= 4 is 6.47 Å². The number of halogens is 3. The van der Waals surface area contributed by atoms with Crippen LogP contribution < -0.4 is 0 Å². The first-order valence-electron chi connectivity index (χ1n) is 15.6. The van der Waals surface area contributed by atoms with Gasteiger partial charge in [0.05, 0.1) is 5.69 Å². The average Bonchev–Trinajstić information content (AvgIpc) is 3.62. The van der Waals surface area contributed by atoms with E-state index in [1.165, 1.54) is 63.9 Å². The van der Waals surface area contributed by atoms with Crippen molar-refractivity contribution in [1.29, 1.82) is 0 Å². The van der Waals surface area contributed by atoms with E-state index in [1.807, 2.05) is 36.5 Å². The van der Waals surface area contributed by atoms with E-state index in [2.05, 4.69) is 14.8 Å². The Morgan fingerprint density at radius 2 is 1.51 bits per heavy atom. The minimum absolute atomic E-state index is 0.0581. The van der Waals surface area contributed by atoms with E-state index in [1.54, 1.807) is 22.8 Å². The van der Waals surface area contributed by atoms with Crippen LogP contribution in [0.4, 0.5) is 13.2 Å². The second-order valence-corrected chi connectivity index (χ2v) is 11.9. The number of carbonyl (C=O) groups is 1. The molecule has 1 saturated carbocycles. The number of hydrogen-bond acceptors (Lipinski definition) is 4. The predicted molar refractivity (Wildman–Crippen MR) is 163 cm³/mol. The highest BCUT2D eigenvalue weighted by Crippen LogP contribution is 2.32. The topological polar surface area (TPSA) is 61.6 Å². The third-order valence-corrected chi connectivity index (χ3v) is 8.88. The molecule has 234 valence electrons. The maximum Gasteiger partial charge on any atom is 0.295 e. The van der Waals surface area contributed by atoms with Gasteiger partial charge in [-0.2, -0.15) is 0 Å². The van der Waals surface area contributed by atoms with E-state index in [4.69, 9.17) is 9.90 Å². The molecule has 1 N–H and O–H groups in total. The summed E-state index contributed by atoms with van der Waals surface area (Å²) in [5.41, 5.74) is 1.85. The maximum absolute atomic E-state index is 13.8. The van der Waals surface area contributed by atoms with Gasteiger partial charge in [-0.05, 0) is 68.3 Å². The summed E-state index contributed by atoms with van der Waals surface area (Å²) in [6, 6.07) is 18.0. The fourth-order valence-corrected chi connectivity index (χ4v) is 6.38. The molecule has 1 unspecified atom stereocenters. The van der Waals surface area contributed by atoms with Crippen LogP contribution in [0.2, 0.25) is 0 Å². The number of carboxylic acid groups (broad SMARTS) is 1. The van der Waals surface area contributed by atoms with Crippen molar-refractivity contribution in [3.63, 3.8) is 0 Å². The fourth-order valence-electron chi connectivity index (χ4n) is 6.38. The Balaban J connectivity index is 0.000000363. The van der Waals surface area contributed by atoms with E-state index in [0.717, 1.165) is 55.6 Å². The summed E-state index contributed by atoms with van der Waals surface area (Å²) in [5, 5.41) is 6.89. The highest BCUT2D eigenvalue weighted by atomic mass is 19.3. The number of imidazole rings is 1. The van der Waals surface area contributed by atoms with E-state index in [0.29, 0.717) is 6.42 Å². The molecule has 0 radical (unpaired) electrons. The Morgan fingerprint density at radius 1 is 0.884 bits per heavy atom. The first-order chi connectivity index (χ1) is 20.9. The fraction of sp³-hybridized carbons (Fsp3) is 0.529. The molecule has 43 heavy (non-hydrogen) atoms. The molecule has 3 aliphatic rings. The lowest BCUT2D eigenvalue weighted by molar-refractivity contribution is -0.122. The Kier molecular flexibility index (Phi) is 13.1. The number of piperidine rings is 1. The summed E-state index contributed by atoms with van der Waals surface area (Å²) in [5.74, 6) is 1.53. The molecule has 6 rings (SSSR count). The lowest BCUT2D eigenvalue weighted by atomic mass is 9.83. The van der Waals surface area contributed by atoms with Gasteiger partial charge < -0.3 is 19.5 Å². The number of benzene rings is 2. The van der Waals surface area contributed by atoms with Gasteiger partial charge in [-0.15, -0.1) is 0 Å². The molecule has 3 aromatic rings. The molecule has 1 atom stereocenters. The second-order valence-electron chi connectivity index (χ2n) is 11.9. The van der Waals surface area contributed by atoms with Gasteiger partial charge in [0, 0.05) is 44.8 Å². The minimum Gasteiger partial charge on any atom is -0.483 e. The molecule has 2 saturated heterocycles. The third kappa shape index (κ3) is 10.5. The van der Waals surface area contributed by atoms with Crippen LogP contribution in [-0.4, -0.2) is 70.2 Å². The van der Waals surface area contributed by atoms with Crippen LogP contribution in [0.1, 0.15) is 74.5 Å². The van der Waals surface area contributed by atoms with Crippen LogP contribution in [0.3, 0.4) is 0 Å². The zero-order valence-electron chi connectivity index (χ0n) is 24.9. The summed E-state index contributed by atoms with van der Waals surface area (Å²) in [6.45, 7) is 6.69. The summed E-state index contributed by atoms with van der Waals surface area (Å²) in [7, 11) is 0. The highest BCUT2D eigenvalue weighted by Gasteiger charge is 2.30. The number of likely N-dealkylation sites (tertiary alicyclic amines) is 2. The quantitative estimate of drug-likeness (QED) is 0.267. The number of alkyl halides is 2. The molecular weight excluding hydrogens is 553 g/mol. The SMILES string of the molecule is FC(F)c1nc(Cc2ccccc2)cn1C1CCN(CC2CCN(CCC3CCC3)C2)CC1.Fc1ccccc1.O=CO. The first-order valence-corrected chi connectivity index (χ1v) is 15.6. The van der Waals surface area contributed by atoms with Crippen LogP contribution in [0, 0.1) is 17.7 Å². The van der Waals surface area contributed by atoms with E-state index < -0.39 is 6.43 Å². The molecule has 0 amide bonds. The number of hydrogen-bond donors (Lipinski definition) is 1. The van der Waals surface area contributed by atoms with Gasteiger partial charge in [0.25, 0.3) is 12.9 Å². The van der Waals surface area contributed by atoms with E-state index in [9.17, 15) is 13.2 Å². The van der Waals surface area contributed by atoms with Gasteiger partial charge in [-0.1, -0.05) is 67.8 Å². The molecule has 3 fully saturated rings. The average molecular weight is 599 g/mol. The Hall–Kier alpha value is -3.17. The Morgan fingerprint density at radius 3 is 2.07 bits per heavy atom. The molecule has 6 nitrogen and oxygen atoms in total. The Labute approximate surface area is 253 Å². The first kappa shape index (κ1) is 32.7. The van der Waals surface area contributed by atoms with Crippen LogP contribution in [0.15, 0.2) is 66.9 Å². The van der Waals surface area contributed by atoms with Gasteiger partial charge in [-0.25, -0.2) is 18.2 Å². The number of rotatable bonds is 9. The van der Waals surface area contributed by atoms with Crippen LogP contribution in [0.25, 0.3) is 0 Å². The molecule has 9 heteroatoms. The Bertz CT molecular complexity index is 1200. The lowest BCUT2D eigenvalue weighted by Gasteiger charge is -2.34. The predicted octanol–water partition coefficient (Wildman–Crippen LogP) is 7.09. The summed E-state index contributed by atoms with van der Waals surface area (Å²) < 4.78 is 41.2. The van der Waals surface area contributed by atoms with Crippen molar-refractivity contribution in [3.05, 3.63) is 89.8 Å². The van der Waals surface area contributed by atoms with Gasteiger partial charge in [0.1, 0.15) is 5.82 Å². The van der Waals surface area contributed by atoms with Gasteiger partial charge in [-0.3, -0.25) is 4.79 Å². The maximum atomic E-state index is 13.8. The molecule has 0 bridgehead atoms. The largest absolute Gasteiger partial charge is 0.483 e. The minimum atomic E-state index is -2.53. The van der Waals surface area contributed by atoms with Crippen molar-refractivity contribution in [2.45, 2.75) is 63.8 Å². The molecule has 0 spiro atoms. The monoisotopic (exact) mass is 598 g/mol. The van der Waals surface area contributed by atoms with Crippen LogP contribution in [-0.2, 0) is 11.2 Å². The lowest BCUT2D eigenvalue weighted by Crippen LogP contribution is -2.38. The zero-order chi connectivity index (χ0) is 30.4. The zero-order valence-corrected chi connectivity index (χ0v) is 24.9. The number of nitrogens with zero attached hydrogens (tertiary/aromatic N) is 4. The van der Waals surface area contributed by atoms with Gasteiger partial charge >= 0.3 is 0 Å². The molecular formula is C34H45F3N4O2. The molecule has 3 heterocycles. The van der Waals surface area contributed by atoms with Crippen LogP contribution >= 0.6 is 0 Å². The van der Waals surface area contributed by atoms with Crippen molar-refractivity contribution in [3.8, 4) is 0 Å². The molecule has 1 aromatic heterocycles. The van der Waals surface area contributed by atoms with Crippen molar-refractivity contribution in [2.75, 3.05) is 39.3 Å². The van der Waals surface area contributed by atoms with Crippen molar-refractivity contribution in [2.24, 2.45) is 11.8 Å². The summed E-state index contributed by atoms with van der Waals surface area (Å²) >= 11 is 0. The third-order valence-electron chi connectivity index (χ3n) is 8.88. The van der Waals surface area contributed by atoms with Crippen molar-refractivity contribution < 1.29 is 23.1 Å². The van der Waals surface area contributed by atoms with Crippen molar-refractivity contribution in [1.82, 2.24) is 19.4 Å². The standard InChI is InChI=1S/C27H38F2N4.C6H5F.CH2O2/c28-26(29)27-30-24(17-22-5-2-1-3-6-22)20-33(27)25-11-15-32(16-12-25)19-23-10-14-31(18-23)13-9-21-7-4-8-21;7-6-4-2-1-3-5-6;2-1-3/h1-3,5-6,20-21,23,25-26H,4,7-19H2;1-5H;1H,(H,2,3). The highest BCUT2D eigenvalue weighted by molar-refractivity contribution is 5.32. The van der Waals surface area contributed by atoms with Gasteiger partial charge in [0.2, 0.25) is 0 Å². The van der Waals surface area contributed by atoms with Gasteiger partial charge in [0.15, 0.2) is 5.82 Å². The summed E-state index contributed by atoms with van der Waals surface area (Å²) in [4.78, 5) is 17.9. The van der Waals surface area contributed by atoms with Crippen LogP contribution in [0.5, 0.6) is 0 Å². The second kappa shape index (κ2) is 17.2. The molecule has 2 aliphatic heterocycles.